The number of nitrogens with one attached hydrogen (secondary N) is 1. The van der Waals surface area contributed by atoms with Crippen LogP contribution in [0.15, 0.2) is 18.2 Å². The Morgan fingerprint density at radius 2 is 1.89 bits per heavy atom. The van der Waals surface area contributed by atoms with Gasteiger partial charge in [-0.2, -0.15) is 0 Å². The summed E-state index contributed by atoms with van der Waals surface area (Å²) in [5.74, 6) is 2.16. The number of benzene rings is 1. The largest absolute Gasteiger partial charge is 0.454 e. The van der Waals surface area contributed by atoms with Gasteiger partial charge in [0.15, 0.2) is 11.5 Å². The Labute approximate surface area is 112 Å². The molecule has 0 bridgehead atoms. The van der Waals surface area contributed by atoms with Gasteiger partial charge in [0, 0.05) is 12.6 Å². The second kappa shape index (κ2) is 5.02. The molecule has 2 heterocycles. The van der Waals surface area contributed by atoms with Crippen LogP contribution in [-0.2, 0) is 16.4 Å². The van der Waals surface area contributed by atoms with E-state index in [-0.39, 0.29) is 12.8 Å². The van der Waals surface area contributed by atoms with Crippen LogP contribution in [0, 0.1) is 0 Å². The maximum Gasteiger partial charge on any atom is 0.231 e. The molecule has 1 saturated heterocycles. The van der Waals surface area contributed by atoms with E-state index in [0.29, 0.717) is 24.3 Å². The summed E-state index contributed by atoms with van der Waals surface area (Å²) in [6.07, 6.45) is 1.40. The maximum atomic E-state index is 11.3. The Balaban J connectivity index is 1.55. The molecule has 1 aromatic carbocycles. The average molecular weight is 283 g/mol. The minimum atomic E-state index is -2.78. The van der Waals surface area contributed by atoms with Crippen LogP contribution in [0.25, 0.3) is 0 Å². The molecular weight excluding hydrogens is 266 g/mol. The summed E-state index contributed by atoms with van der Waals surface area (Å²) in [6.45, 7) is 1.01. The fourth-order valence-corrected chi connectivity index (χ4v) is 3.90. The van der Waals surface area contributed by atoms with E-state index in [2.05, 4.69) is 5.32 Å². The second-order valence-electron chi connectivity index (χ2n) is 4.99. The standard InChI is InChI=1S/C13H17NO4S/c15-19(16)5-3-11(4-6-19)14-8-10-1-2-12-13(7-10)18-9-17-12/h1-2,7,11,14H,3-6,8-9H2. The third-order valence-corrected chi connectivity index (χ3v) is 5.30. The molecule has 0 spiro atoms. The molecule has 2 aliphatic rings. The molecule has 1 aromatic rings. The molecule has 104 valence electrons. The van der Waals surface area contributed by atoms with Crippen LogP contribution in [0.3, 0.4) is 0 Å². The molecule has 6 heteroatoms. The molecule has 0 unspecified atom stereocenters. The molecule has 0 aromatic heterocycles. The van der Waals surface area contributed by atoms with Crippen LogP contribution in [0.1, 0.15) is 18.4 Å². The third kappa shape index (κ3) is 3.01. The van der Waals surface area contributed by atoms with Crippen molar-refractivity contribution >= 4 is 9.84 Å². The summed E-state index contributed by atoms with van der Waals surface area (Å²) in [4.78, 5) is 0. The summed E-state index contributed by atoms with van der Waals surface area (Å²) < 4.78 is 33.3. The van der Waals surface area contributed by atoms with E-state index in [0.717, 1.165) is 23.6 Å². The Kier molecular flexibility index (Phi) is 3.36. The van der Waals surface area contributed by atoms with Gasteiger partial charge < -0.3 is 14.8 Å². The lowest BCUT2D eigenvalue weighted by atomic mass is 10.1. The Morgan fingerprint density at radius 1 is 1.16 bits per heavy atom. The van der Waals surface area contributed by atoms with E-state index >= 15 is 0 Å². The van der Waals surface area contributed by atoms with Gasteiger partial charge in [-0.15, -0.1) is 0 Å². The van der Waals surface area contributed by atoms with Gasteiger partial charge in [-0.05, 0) is 30.5 Å². The van der Waals surface area contributed by atoms with E-state index in [1.165, 1.54) is 0 Å². The maximum absolute atomic E-state index is 11.3. The first-order valence-electron chi connectivity index (χ1n) is 6.45. The van der Waals surface area contributed by atoms with Crippen molar-refractivity contribution in [2.45, 2.75) is 25.4 Å². The molecule has 0 atom stereocenters. The van der Waals surface area contributed by atoms with Gasteiger partial charge in [-0.3, -0.25) is 0 Å². The highest BCUT2D eigenvalue weighted by Gasteiger charge is 2.23. The van der Waals surface area contributed by atoms with Crippen molar-refractivity contribution in [2.75, 3.05) is 18.3 Å². The average Bonchev–Trinajstić information content (AvgIpc) is 2.85. The zero-order valence-corrected chi connectivity index (χ0v) is 11.4. The van der Waals surface area contributed by atoms with Crippen molar-refractivity contribution in [3.05, 3.63) is 23.8 Å². The van der Waals surface area contributed by atoms with Crippen LogP contribution in [0.4, 0.5) is 0 Å². The lowest BCUT2D eigenvalue weighted by Crippen LogP contribution is -2.37. The summed E-state index contributed by atoms with van der Waals surface area (Å²) >= 11 is 0. The number of ether oxygens (including phenoxy) is 2. The Morgan fingerprint density at radius 3 is 2.68 bits per heavy atom. The summed E-state index contributed by atoms with van der Waals surface area (Å²) in [5.41, 5.74) is 1.12. The van der Waals surface area contributed by atoms with Gasteiger partial charge >= 0.3 is 0 Å². The third-order valence-electron chi connectivity index (χ3n) is 3.59. The molecule has 19 heavy (non-hydrogen) atoms. The molecule has 0 radical (unpaired) electrons. The summed E-state index contributed by atoms with van der Waals surface area (Å²) in [7, 11) is -2.78. The second-order valence-corrected chi connectivity index (χ2v) is 7.30. The van der Waals surface area contributed by atoms with Crippen molar-refractivity contribution in [3.8, 4) is 11.5 Å². The van der Waals surface area contributed by atoms with E-state index in [9.17, 15) is 8.42 Å². The summed E-state index contributed by atoms with van der Waals surface area (Å²) in [5, 5.41) is 3.41. The van der Waals surface area contributed by atoms with E-state index in [4.69, 9.17) is 9.47 Å². The SMILES string of the molecule is O=S1(=O)CCC(NCc2ccc3c(c2)OCO3)CC1. The highest BCUT2D eigenvalue weighted by atomic mass is 32.2. The van der Waals surface area contributed by atoms with Crippen LogP contribution in [-0.4, -0.2) is 32.8 Å². The minimum Gasteiger partial charge on any atom is -0.454 e. The van der Waals surface area contributed by atoms with Crippen LogP contribution >= 0.6 is 0 Å². The zero-order valence-electron chi connectivity index (χ0n) is 10.6. The number of hydrogen-bond acceptors (Lipinski definition) is 5. The predicted octanol–water partition coefficient (Wildman–Crippen LogP) is 1.08. The fourth-order valence-electron chi connectivity index (χ4n) is 2.41. The van der Waals surface area contributed by atoms with Gasteiger partial charge in [-0.25, -0.2) is 8.42 Å². The highest BCUT2D eigenvalue weighted by Crippen LogP contribution is 2.32. The van der Waals surface area contributed by atoms with Gasteiger partial charge in [-0.1, -0.05) is 6.07 Å². The molecule has 0 saturated carbocycles. The molecule has 5 nitrogen and oxygen atoms in total. The highest BCUT2D eigenvalue weighted by molar-refractivity contribution is 7.91. The van der Waals surface area contributed by atoms with Crippen molar-refractivity contribution in [1.29, 1.82) is 0 Å². The normalized spacial score (nSPS) is 21.5. The van der Waals surface area contributed by atoms with Crippen molar-refractivity contribution < 1.29 is 17.9 Å². The van der Waals surface area contributed by atoms with Crippen molar-refractivity contribution in [1.82, 2.24) is 5.32 Å². The first-order valence-corrected chi connectivity index (χ1v) is 8.27. The predicted molar refractivity (Wildman–Crippen MR) is 71.1 cm³/mol. The first-order chi connectivity index (χ1) is 9.12. The van der Waals surface area contributed by atoms with E-state index in [1.54, 1.807) is 0 Å². The number of rotatable bonds is 3. The molecule has 1 fully saturated rings. The summed E-state index contributed by atoms with van der Waals surface area (Å²) in [6, 6.07) is 6.16. The lowest BCUT2D eigenvalue weighted by molar-refractivity contribution is 0.174. The quantitative estimate of drug-likeness (QED) is 0.899. The van der Waals surface area contributed by atoms with Crippen molar-refractivity contribution in [2.24, 2.45) is 0 Å². The van der Waals surface area contributed by atoms with Gasteiger partial charge in [0.25, 0.3) is 0 Å². The molecule has 3 rings (SSSR count). The van der Waals surface area contributed by atoms with Crippen LogP contribution in [0.5, 0.6) is 11.5 Å². The monoisotopic (exact) mass is 283 g/mol. The van der Waals surface area contributed by atoms with E-state index < -0.39 is 9.84 Å². The van der Waals surface area contributed by atoms with Gasteiger partial charge in [0.2, 0.25) is 6.79 Å². The minimum absolute atomic E-state index is 0.284. The molecule has 1 N–H and O–H groups in total. The number of sulfone groups is 1. The van der Waals surface area contributed by atoms with Gasteiger partial charge in [0.05, 0.1) is 11.5 Å². The molecule has 0 amide bonds. The Hall–Kier alpha value is -1.27. The zero-order chi connectivity index (χ0) is 13.3. The van der Waals surface area contributed by atoms with Crippen LogP contribution < -0.4 is 14.8 Å². The Bertz CT molecular complexity index is 556. The van der Waals surface area contributed by atoms with Crippen molar-refractivity contribution in [3.63, 3.8) is 0 Å². The van der Waals surface area contributed by atoms with E-state index in [1.807, 2.05) is 18.2 Å². The van der Waals surface area contributed by atoms with Gasteiger partial charge in [0.1, 0.15) is 9.84 Å². The molecular formula is C13H17NO4S. The lowest BCUT2D eigenvalue weighted by Gasteiger charge is -2.23. The number of fused-ring (bicyclic) bond motifs is 1. The smallest absolute Gasteiger partial charge is 0.231 e. The first kappa shape index (κ1) is 12.7. The molecule has 0 aliphatic carbocycles. The topological polar surface area (TPSA) is 64.6 Å². The fraction of sp³-hybridized carbons (Fsp3) is 0.538. The van der Waals surface area contributed by atoms with Crippen LogP contribution in [0.2, 0.25) is 0 Å². The molecule has 2 aliphatic heterocycles. The number of hydrogen-bond donors (Lipinski definition) is 1.